The second-order valence-electron chi connectivity index (χ2n) is 6.89. The number of para-hydroxylation sites is 1. The molecule has 2 heterocycles. The molecule has 0 saturated carbocycles. The maximum Gasteiger partial charge on any atom is 0.240 e. The number of amides is 3. The van der Waals surface area contributed by atoms with Crippen LogP contribution in [0, 0.1) is 11.8 Å². The topological polar surface area (TPSA) is 79.6 Å². The van der Waals surface area contributed by atoms with Gasteiger partial charge in [0, 0.05) is 5.39 Å². The summed E-state index contributed by atoms with van der Waals surface area (Å²) in [4.78, 5) is 38.3. The number of carbonyl (C=O) groups excluding carboxylic acids is 3. The van der Waals surface area contributed by atoms with Crippen LogP contribution >= 0.6 is 0 Å². The molecule has 26 heavy (non-hydrogen) atoms. The highest BCUT2D eigenvalue weighted by atomic mass is 16.3. The lowest BCUT2D eigenvalue weighted by Crippen LogP contribution is -2.41. The van der Waals surface area contributed by atoms with Gasteiger partial charge in [-0.1, -0.05) is 30.4 Å². The van der Waals surface area contributed by atoms with Crippen molar-refractivity contribution in [1.29, 1.82) is 0 Å². The van der Waals surface area contributed by atoms with Gasteiger partial charge in [0.1, 0.15) is 17.9 Å². The standard InChI is InChI=1S/C20H20N2O4/c1-12(17-10-13-6-2-5-9-16(13)26-17)21-18(23)11-22-19(24)14-7-3-4-8-15(14)20(22)25/h2-6,9-10,12,14-15H,7-8,11H2,1H3,(H,21,23)/t12-,14+,15+/m0/s1. The van der Waals surface area contributed by atoms with Crippen LogP contribution in [0.15, 0.2) is 46.9 Å². The highest BCUT2D eigenvalue weighted by Gasteiger charge is 2.47. The average molecular weight is 352 g/mol. The van der Waals surface area contributed by atoms with Crippen LogP contribution in [0.4, 0.5) is 0 Å². The fourth-order valence-electron chi connectivity index (χ4n) is 3.74. The van der Waals surface area contributed by atoms with Gasteiger partial charge >= 0.3 is 0 Å². The van der Waals surface area contributed by atoms with Crippen LogP contribution in [0.5, 0.6) is 0 Å². The van der Waals surface area contributed by atoms with Gasteiger partial charge < -0.3 is 9.73 Å². The van der Waals surface area contributed by atoms with E-state index >= 15 is 0 Å². The fraction of sp³-hybridized carbons (Fsp3) is 0.350. The van der Waals surface area contributed by atoms with Crippen LogP contribution in [-0.2, 0) is 14.4 Å². The number of allylic oxidation sites excluding steroid dienone is 2. The molecule has 4 rings (SSSR count). The van der Waals surface area contributed by atoms with E-state index < -0.39 is 0 Å². The molecule has 1 aliphatic carbocycles. The molecule has 0 radical (unpaired) electrons. The Hall–Kier alpha value is -2.89. The number of benzene rings is 1. The van der Waals surface area contributed by atoms with Gasteiger partial charge in [-0.25, -0.2) is 0 Å². The summed E-state index contributed by atoms with van der Waals surface area (Å²) in [5.41, 5.74) is 0.755. The van der Waals surface area contributed by atoms with Crippen molar-refractivity contribution in [3.8, 4) is 0 Å². The second kappa shape index (κ2) is 6.44. The third-order valence-corrected chi connectivity index (χ3v) is 5.15. The highest BCUT2D eigenvalue weighted by molar-refractivity contribution is 6.07. The maximum absolute atomic E-state index is 12.4. The first-order valence-corrected chi connectivity index (χ1v) is 8.82. The smallest absolute Gasteiger partial charge is 0.240 e. The molecule has 1 N–H and O–H groups in total. The van der Waals surface area contributed by atoms with Gasteiger partial charge in [0.15, 0.2) is 0 Å². The predicted octanol–water partition coefficient (Wildman–Crippen LogP) is 2.56. The monoisotopic (exact) mass is 352 g/mol. The van der Waals surface area contributed by atoms with Crippen LogP contribution in [0.25, 0.3) is 11.0 Å². The van der Waals surface area contributed by atoms with Gasteiger partial charge in [-0.15, -0.1) is 0 Å². The number of nitrogens with one attached hydrogen (secondary N) is 1. The van der Waals surface area contributed by atoms with Crippen molar-refractivity contribution < 1.29 is 18.8 Å². The summed E-state index contributed by atoms with van der Waals surface area (Å²) < 4.78 is 5.75. The molecule has 1 aliphatic heterocycles. The molecule has 6 nitrogen and oxygen atoms in total. The molecule has 0 bridgehead atoms. The van der Waals surface area contributed by atoms with Crippen LogP contribution < -0.4 is 5.32 Å². The van der Waals surface area contributed by atoms with Gasteiger partial charge in [0.2, 0.25) is 17.7 Å². The quantitative estimate of drug-likeness (QED) is 0.677. The summed E-state index contributed by atoms with van der Waals surface area (Å²) in [6, 6.07) is 9.14. The number of fused-ring (bicyclic) bond motifs is 2. The Bertz CT molecular complexity index is 854. The molecular weight excluding hydrogens is 332 g/mol. The van der Waals surface area contributed by atoms with Gasteiger partial charge in [-0.3, -0.25) is 19.3 Å². The van der Waals surface area contributed by atoms with E-state index in [1.165, 1.54) is 0 Å². The number of imide groups is 1. The van der Waals surface area contributed by atoms with E-state index in [4.69, 9.17) is 4.42 Å². The molecule has 2 aliphatic rings. The van der Waals surface area contributed by atoms with Crippen molar-refractivity contribution in [2.24, 2.45) is 11.8 Å². The van der Waals surface area contributed by atoms with Gasteiger partial charge in [-0.2, -0.15) is 0 Å². The van der Waals surface area contributed by atoms with E-state index in [-0.39, 0.29) is 42.1 Å². The van der Waals surface area contributed by atoms with Gasteiger partial charge in [0.25, 0.3) is 0 Å². The molecule has 134 valence electrons. The van der Waals surface area contributed by atoms with Crippen molar-refractivity contribution in [2.75, 3.05) is 6.54 Å². The SMILES string of the molecule is C[C@H](NC(=O)CN1C(=O)[C@@H]2CC=CC[C@H]2C1=O)c1cc2ccccc2o1. The van der Waals surface area contributed by atoms with E-state index in [1.807, 2.05) is 49.4 Å². The number of furan rings is 1. The Balaban J connectivity index is 1.42. The van der Waals surface area contributed by atoms with Crippen molar-refractivity contribution in [3.05, 3.63) is 48.2 Å². The number of hydrogen-bond donors (Lipinski definition) is 1. The molecule has 1 aromatic heterocycles. The molecule has 0 unspecified atom stereocenters. The summed E-state index contributed by atoms with van der Waals surface area (Å²) in [6.45, 7) is 1.57. The Morgan fingerprint density at radius 3 is 2.50 bits per heavy atom. The lowest BCUT2D eigenvalue weighted by molar-refractivity contribution is -0.143. The van der Waals surface area contributed by atoms with Gasteiger partial charge in [0.05, 0.1) is 17.9 Å². The van der Waals surface area contributed by atoms with E-state index in [9.17, 15) is 14.4 Å². The first-order chi connectivity index (χ1) is 12.5. The molecule has 0 spiro atoms. The third kappa shape index (κ3) is 2.81. The van der Waals surface area contributed by atoms with E-state index in [0.29, 0.717) is 18.6 Å². The molecular formula is C20H20N2O4. The van der Waals surface area contributed by atoms with Gasteiger partial charge in [-0.05, 0) is 31.9 Å². The zero-order valence-corrected chi connectivity index (χ0v) is 14.5. The van der Waals surface area contributed by atoms with E-state index in [0.717, 1.165) is 15.9 Å². The van der Waals surface area contributed by atoms with Crippen molar-refractivity contribution in [1.82, 2.24) is 10.2 Å². The van der Waals surface area contributed by atoms with Crippen LogP contribution in [0.2, 0.25) is 0 Å². The number of likely N-dealkylation sites (tertiary alicyclic amines) is 1. The largest absolute Gasteiger partial charge is 0.459 e. The minimum absolute atomic E-state index is 0.240. The molecule has 1 saturated heterocycles. The van der Waals surface area contributed by atoms with Crippen molar-refractivity contribution in [2.45, 2.75) is 25.8 Å². The van der Waals surface area contributed by atoms with E-state index in [2.05, 4.69) is 5.32 Å². The number of nitrogens with zero attached hydrogens (tertiary/aromatic N) is 1. The molecule has 1 fully saturated rings. The summed E-state index contributed by atoms with van der Waals surface area (Å²) in [5, 5.41) is 3.78. The predicted molar refractivity (Wildman–Crippen MR) is 94.8 cm³/mol. The Labute approximate surface area is 150 Å². The Kier molecular flexibility index (Phi) is 4.11. The molecule has 1 aromatic carbocycles. The fourth-order valence-corrected chi connectivity index (χ4v) is 3.74. The normalized spacial score (nSPS) is 23.3. The van der Waals surface area contributed by atoms with E-state index in [1.54, 1.807) is 0 Å². The average Bonchev–Trinajstić information content (AvgIpc) is 3.18. The number of carbonyl (C=O) groups is 3. The minimum Gasteiger partial charge on any atom is -0.459 e. The molecule has 6 heteroatoms. The Morgan fingerprint density at radius 1 is 1.19 bits per heavy atom. The number of hydrogen-bond acceptors (Lipinski definition) is 4. The molecule has 2 aromatic rings. The number of rotatable bonds is 4. The zero-order valence-electron chi connectivity index (χ0n) is 14.5. The Morgan fingerprint density at radius 2 is 1.85 bits per heavy atom. The highest BCUT2D eigenvalue weighted by Crippen LogP contribution is 2.34. The van der Waals surface area contributed by atoms with Crippen molar-refractivity contribution in [3.63, 3.8) is 0 Å². The van der Waals surface area contributed by atoms with Crippen LogP contribution in [0.3, 0.4) is 0 Å². The summed E-state index contributed by atoms with van der Waals surface area (Å²) in [5.74, 6) is -0.837. The summed E-state index contributed by atoms with van der Waals surface area (Å²) in [7, 11) is 0. The summed E-state index contributed by atoms with van der Waals surface area (Å²) >= 11 is 0. The maximum atomic E-state index is 12.4. The molecule has 3 amide bonds. The van der Waals surface area contributed by atoms with Crippen molar-refractivity contribution >= 4 is 28.7 Å². The first-order valence-electron chi connectivity index (χ1n) is 8.82. The van der Waals surface area contributed by atoms with Crippen LogP contribution in [-0.4, -0.2) is 29.2 Å². The lowest BCUT2D eigenvalue weighted by Gasteiger charge is -2.16. The molecule has 3 atom stereocenters. The lowest BCUT2D eigenvalue weighted by atomic mass is 9.85. The van der Waals surface area contributed by atoms with Crippen LogP contribution in [0.1, 0.15) is 31.6 Å². The zero-order chi connectivity index (χ0) is 18.3. The summed E-state index contributed by atoms with van der Waals surface area (Å²) in [6.07, 6.45) is 5.00. The minimum atomic E-state index is -0.369. The first kappa shape index (κ1) is 16.6. The third-order valence-electron chi connectivity index (χ3n) is 5.15. The second-order valence-corrected chi connectivity index (χ2v) is 6.89.